The molecule has 7 rings (SSSR count). The van der Waals surface area contributed by atoms with Gasteiger partial charge in [-0.1, -0.05) is 0 Å². The minimum atomic E-state index is -0.414. The summed E-state index contributed by atoms with van der Waals surface area (Å²) in [4.78, 5) is 30.5. The van der Waals surface area contributed by atoms with E-state index < -0.39 is 5.82 Å². The van der Waals surface area contributed by atoms with Crippen LogP contribution in [0.2, 0.25) is 0 Å². The third-order valence-corrected chi connectivity index (χ3v) is 7.15. The van der Waals surface area contributed by atoms with Crippen molar-refractivity contribution in [3.05, 3.63) is 60.9 Å². The van der Waals surface area contributed by atoms with E-state index in [-0.39, 0.29) is 6.04 Å². The molecular weight excluding hydrogens is 537 g/mol. The quantitative estimate of drug-likeness (QED) is 0.251. The fourth-order valence-corrected chi connectivity index (χ4v) is 4.96. The number of aromatic amines is 2. The molecule has 6 heterocycles. The SMILES string of the molecule is CN(C)CCOc1cc(F)cc(-c2nccc3[nH]c(-c4n[nH]c5ncc(-c6cncc(N7CC(N)C7)n6)cc45)nc23)c1. The molecule has 12 nitrogen and oxygen atoms in total. The van der Waals surface area contributed by atoms with E-state index in [1.807, 2.05) is 31.1 Å². The normalized spacial score (nSPS) is 13.8. The topological polar surface area (TPSA) is 151 Å². The fraction of sp³-hybridized carbons (Fsp3) is 0.241. The Morgan fingerprint density at radius 3 is 2.76 bits per heavy atom. The van der Waals surface area contributed by atoms with Gasteiger partial charge in [0.25, 0.3) is 0 Å². The summed E-state index contributed by atoms with van der Waals surface area (Å²) in [5.41, 5.74) is 11.0. The first-order chi connectivity index (χ1) is 20.4. The molecule has 1 aromatic carbocycles. The Morgan fingerprint density at radius 2 is 1.93 bits per heavy atom. The highest BCUT2D eigenvalue weighted by Crippen LogP contribution is 2.33. The molecule has 1 aliphatic heterocycles. The zero-order valence-corrected chi connectivity index (χ0v) is 23.0. The van der Waals surface area contributed by atoms with Crippen LogP contribution in [0.15, 0.2) is 55.1 Å². The average molecular weight is 566 g/mol. The number of imidazole rings is 1. The molecule has 6 aromatic rings. The van der Waals surface area contributed by atoms with Crippen molar-refractivity contribution in [1.29, 1.82) is 0 Å². The summed E-state index contributed by atoms with van der Waals surface area (Å²) in [6.07, 6.45) is 6.85. The highest BCUT2D eigenvalue weighted by atomic mass is 19.1. The summed E-state index contributed by atoms with van der Waals surface area (Å²) in [5, 5.41) is 8.26. The number of benzene rings is 1. The average Bonchev–Trinajstić information content (AvgIpc) is 3.59. The highest BCUT2D eigenvalue weighted by Gasteiger charge is 2.25. The number of fused-ring (bicyclic) bond motifs is 2. The Morgan fingerprint density at radius 1 is 1.05 bits per heavy atom. The monoisotopic (exact) mass is 565 g/mol. The van der Waals surface area contributed by atoms with E-state index in [4.69, 9.17) is 20.4 Å². The summed E-state index contributed by atoms with van der Waals surface area (Å²) in [5.74, 6) is 1.32. The molecule has 212 valence electrons. The number of hydrogen-bond donors (Lipinski definition) is 3. The van der Waals surface area contributed by atoms with Gasteiger partial charge < -0.3 is 25.3 Å². The van der Waals surface area contributed by atoms with Gasteiger partial charge in [0.15, 0.2) is 11.5 Å². The zero-order chi connectivity index (χ0) is 28.8. The standard InChI is InChI=1S/C29H28FN11O/c1-40(2)5-6-42-20-8-16(7-18(30)10-20)25-27-22(3-4-33-25)36-29(37-27)26-21-9-17(11-34-28(21)39-38-26)23-12-32-13-24(35-23)41-14-19(31)15-41/h3-4,7-13,19H,5-6,14-15,31H2,1-2H3,(H,36,37)(H,34,38,39). The van der Waals surface area contributed by atoms with Crippen molar-refractivity contribution in [2.75, 3.05) is 45.2 Å². The lowest BCUT2D eigenvalue weighted by Gasteiger charge is -2.37. The molecule has 0 spiro atoms. The zero-order valence-electron chi connectivity index (χ0n) is 23.0. The molecule has 1 aliphatic rings. The number of pyridine rings is 2. The van der Waals surface area contributed by atoms with E-state index in [9.17, 15) is 4.39 Å². The summed E-state index contributed by atoms with van der Waals surface area (Å²) in [7, 11) is 3.91. The Balaban J connectivity index is 1.24. The van der Waals surface area contributed by atoms with E-state index in [1.54, 1.807) is 30.9 Å². The van der Waals surface area contributed by atoms with Gasteiger partial charge in [-0.05, 0) is 38.4 Å². The second kappa shape index (κ2) is 10.4. The Bertz CT molecular complexity index is 1910. The van der Waals surface area contributed by atoms with Gasteiger partial charge in [0, 0.05) is 55.3 Å². The van der Waals surface area contributed by atoms with Gasteiger partial charge in [-0.2, -0.15) is 5.10 Å². The maximum Gasteiger partial charge on any atom is 0.159 e. The number of anilines is 1. The van der Waals surface area contributed by atoms with Crippen LogP contribution in [0.4, 0.5) is 10.2 Å². The number of halogens is 1. The van der Waals surface area contributed by atoms with Crippen LogP contribution in [0, 0.1) is 5.82 Å². The summed E-state index contributed by atoms with van der Waals surface area (Å²) >= 11 is 0. The number of nitrogens with one attached hydrogen (secondary N) is 2. The largest absolute Gasteiger partial charge is 0.492 e. The molecule has 4 N–H and O–H groups in total. The lowest BCUT2D eigenvalue weighted by Crippen LogP contribution is -2.56. The maximum absolute atomic E-state index is 14.6. The maximum atomic E-state index is 14.6. The second-order valence-corrected chi connectivity index (χ2v) is 10.6. The summed E-state index contributed by atoms with van der Waals surface area (Å²) in [6.45, 7) is 2.65. The Labute approximate surface area is 239 Å². The molecule has 13 heteroatoms. The Hall–Kier alpha value is -5.01. The van der Waals surface area contributed by atoms with Crippen LogP contribution >= 0.6 is 0 Å². The number of ether oxygens (including phenoxy) is 1. The van der Waals surface area contributed by atoms with Gasteiger partial charge in [0.2, 0.25) is 0 Å². The van der Waals surface area contributed by atoms with Crippen LogP contribution in [0.1, 0.15) is 0 Å². The fourth-order valence-electron chi connectivity index (χ4n) is 4.96. The van der Waals surface area contributed by atoms with Gasteiger partial charge in [0.05, 0.1) is 34.7 Å². The number of nitrogens with two attached hydrogens (primary N) is 1. The second-order valence-electron chi connectivity index (χ2n) is 10.6. The first-order valence-corrected chi connectivity index (χ1v) is 13.5. The number of aromatic nitrogens is 8. The third-order valence-electron chi connectivity index (χ3n) is 7.15. The molecule has 0 unspecified atom stereocenters. The van der Waals surface area contributed by atoms with Gasteiger partial charge >= 0.3 is 0 Å². The van der Waals surface area contributed by atoms with Crippen molar-refractivity contribution in [3.63, 3.8) is 0 Å². The van der Waals surface area contributed by atoms with Gasteiger partial charge in [-0.15, -0.1) is 0 Å². The van der Waals surface area contributed by atoms with Gasteiger partial charge in [0.1, 0.15) is 35.2 Å². The first kappa shape index (κ1) is 25.9. The van der Waals surface area contributed by atoms with E-state index >= 15 is 0 Å². The summed E-state index contributed by atoms with van der Waals surface area (Å²) < 4.78 is 20.4. The number of rotatable bonds is 8. The van der Waals surface area contributed by atoms with Crippen molar-refractivity contribution in [1.82, 2.24) is 45.0 Å². The minimum absolute atomic E-state index is 0.158. The van der Waals surface area contributed by atoms with E-state index in [2.05, 4.69) is 35.0 Å². The van der Waals surface area contributed by atoms with E-state index in [0.717, 1.165) is 35.4 Å². The highest BCUT2D eigenvalue weighted by molar-refractivity contribution is 5.96. The lowest BCUT2D eigenvalue weighted by atomic mass is 10.1. The molecule has 42 heavy (non-hydrogen) atoms. The minimum Gasteiger partial charge on any atom is -0.492 e. The number of H-pyrrole nitrogens is 2. The molecule has 1 fully saturated rings. The van der Waals surface area contributed by atoms with Crippen LogP contribution in [0.5, 0.6) is 5.75 Å². The van der Waals surface area contributed by atoms with E-state index in [0.29, 0.717) is 58.5 Å². The molecular formula is C29H28FN11O. The number of likely N-dealkylation sites (N-methyl/N-ethyl adjacent to an activating group) is 1. The molecule has 0 amide bonds. The van der Waals surface area contributed by atoms with Gasteiger partial charge in [-0.3, -0.25) is 15.1 Å². The molecule has 5 aromatic heterocycles. The molecule has 0 saturated carbocycles. The van der Waals surface area contributed by atoms with Crippen LogP contribution in [0.25, 0.3) is 56.1 Å². The molecule has 1 saturated heterocycles. The molecule has 0 aliphatic carbocycles. The van der Waals surface area contributed by atoms with Crippen LogP contribution in [0.3, 0.4) is 0 Å². The number of hydrogen-bond acceptors (Lipinski definition) is 10. The van der Waals surface area contributed by atoms with Crippen molar-refractivity contribution in [3.8, 4) is 39.8 Å². The molecule has 0 atom stereocenters. The van der Waals surface area contributed by atoms with Crippen molar-refractivity contribution < 1.29 is 9.13 Å². The first-order valence-electron chi connectivity index (χ1n) is 13.5. The van der Waals surface area contributed by atoms with Crippen LogP contribution in [-0.4, -0.2) is 91.4 Å². The predicted octanol–water partition coefficient (Wildman–Crippen LogP) is 3.25. The van der Waals surface area contributed by atoms with Crippen LogP contribution < -0.4 is 15.4 Å². The van der Waals surface area contributed by atoms with Crippen molar-refractivity contribution in [2.24, 2.45) is 5.73 Å². The lowest BCUT2D eigenvalue weighted by molar-refractivity contribution is 0.260. The molecule has 0 radical (unpaired) electrons. The molecule has 0 bridgehead atoms. The predicted molar refractivity (Wildman–Crippen MR) is 157 cm³/mol. The number of nitrogens with zero attached hydrogens (tertiary/aromatic N) is 8. The van der Waals surface area contributed by atoms with Crippen molar-refractivity contribution in [2.45, 2.75) is 6.04 Å². The van der Waals surface area contributed by atoms with Crippen LogP contribution in [-0.2, 0) is 0 Å². The van der Waals surface area contributed by atoms with Crippen molar-refractivity contribution >= 4 is 27.9 Å². The van der Waals surface area contributed by atoms with Gasteiger partial charge in [-0.25, -0.2) is 19.3 Å². The van der Waals surface area contributed by atoms with E-state index in [1.165, 1.54) is 12.1 Å². The smallest absolute Gasteiger partial charge is 0.159 e. The Kier molecular flexibility index (Phi) is 6.44. The third kappa shape index (κ3) is 4.88. The summed E-state index contributed by atoms with van der Waals surface area (Å²) in [6, 6.07) is 8.52.